The summed E-state index contributed by atoms with van der Waals surface area (Å²) in [5, 5.41) is 11.5. The first-order chi connectivity index (χ1) is 18.4. The molecule has 2 aliphatic heterocycles. The number of H-pyrrole nitrogens is 1. The number of ether oxygens (including phenoxy) is 1. The van der Waals surface area contributed by atoms with Gasteiger partial charge in [-0.3, -0.25) is 14.7 Å². The fourth-order valence-corrected chi connectivity index (χ4v) is 6.08. The number of hydrogen-bond acceptors (Lipinski definition) is 4. The van der Waals surface area contributed by atoms with Gasteiger partial charge in [0.2, 0.25) is 5.91 Å². The van der Waals surface area contributed by atoms with Crippen molar-refractivity contribution in [3.05, 3.63) is 59.8 Å². The number of amides is 2. The van der Waals surface area contributed by atoms with Crippen LogP contribution in [-0.4, -0.2) is 52.6 Å². The lowest BCUT2D eigenvalue weighted by Gasteiger charge is -2.41. The summed E-state index contributed by atoms with van der Waals surface area (Å²) in [6.45, 7) is 5.95. The Morgan fingerprint density at radius 1 is 1.05 bits per heavy atom. The van der Waals surface area contributed by atoms with Gasteiger partial charge in [0.25, 0.3) is 5.91 Å². The lowest BCUT2D eigenvalue weighted by Crippen LogP contribution is -2.53. The summed E-state index contributed by atoms with van der Waals surface area (Å²) in [5.41, 5.74) is 2.11. The maximum Gasteiger partial charge on any atom is 0.274 e. The molecule has 1 atom stereocenters. The first-order valence-electron chi connectivity index (χ1n) is 14.2. The first kappa shape index (κ1) is 26.3. The minimum atomic E-state index is -0.458. The predicted octanol–water partition coefficient (Wildman–Crippen LogP) is 5.51. The number of benzene rings is 2. The van der Waals surface area contributed by atoms with E-state index < -0.39 is 5.41 Å². The molecule has 0 unspecified atom stereocenters. The Labute approximate surface area is 225 Å². The van der Waals surface area contributed by atoms with Crippen LogP contribution in [0.5, 0.6) is 5.75 Å². The largest absolute Gasteiger partial charge is 0.491 e. The van der Waals surface area contributed by atoms with E-state index in [0.29, 0.717) is 44.1 Å². The molecule has 0 aliphatic carbocycles. The standard InChI is InChI=1S/C31H40N4O3/c1-22(2)20-24-21-38-27-14-8-5-11-23(27)10-4-3-9-15-31(30(37)32-24)16-18-35(19-17-31)29(36)28-25-12-6-7-13-26(25)33-34-28/h5-8,11-14,22,24H,3-4,9-10,15-21H2,1-2H3,(H,32,37)(H,33,34)/t24-/m0/s1. The number of carbonyl (C=O) groups excluding carboxylic acids is 2. The number of nitrogens with one attached hydrogen (secondary N) is 2. The van der Waals surface area contributed by atoms with Crippen LogP contribution in [0.1, 0.15) is 74.8 Å². The SMILES string of the molecule is CC(C)C[C@H]1COc2ccccc2CCCCCC2(CCN(C(=O)c3n[nH]c4ccccc34)CC2)C(=O)N1. The Kier molecular flexibility index (Phi) is 8.01. The van der Waals surface area contributed by atoms with Gasteiger partial charge in [-0.2, -0.15) is 5.10 Å². The van der Waals surface area contributed by atoms with Crippen molar-refractivity contribution in [3.8, 4) is 5.75 Å². The van der Waals surface area contributed by atoms with Crippen molar-refractivity contribution in [1.29, 1.82) is 0 Å². The van der Waals surface area contributed by atoms with Gasteiger partial charge in [-0.25, -0.2) is 0 Å². The molecule has 2 amide bonds. The molecular formula is C31H40N4O3. The van der Waals surface area contributed by atoms with Crippen molar-refractivity contribution < 1.29 is 14.3 Å². The third kappa shape index (κ3) is 5.71. The Hall–Kier alpha value is -3.35. The van der Waals surface area contributed by atoms with Gasteiger partial charge in [-0.1, -0.05) is 63.1 Å². The van der Waals surface area contributed by atoms with Crippen LogP contribution in [0.25, 0.3) is 10.9 Å². The third-order valence-corrected chi connectivity index (χ3v) is 8.27. The maximum atomic E-state index is 13.9. The summed E-state index contributed by atoms with van der Waals surface area (Å²) in [6, 6.07) is 15.9. The van der Waals surface area contributed by atoms with E-state index in [-0.39, 0.29) is 17.9 Å². The number of aromatic amines is 1. The molecule has 2 N–H and O–H groups in total. The van der Waals surface area contributed by atoms with Crippen LogP contribution >= 0.6 is 0 Å². The molecule has 1 spiro atoms. The second-order valence-electron chi connectivity index (χ2n) is 11.5. The van der Waals surface area contributed by atoms with E-state index in [1.165, 1.54) is 5.56 Å². The van der Waals surface area contributed by atoms with Crippen LogP contribution in [0.3, 0.4) is 0 Å². The molecule has 0 saturated carbocycles. The molecule has 7 heteroatoms. The number of nitrogens with zero attached hydrogens (tertiary/aromatic N) is 2. The fraction of sp³-hybridized carbons (Fsp3) is 0.516. The fourth-order valence-electron chi connectivity index (χ4n) is 6.08. The lowest BCUT2D eigenvalue weighted by atomic mass is 9.73. The van der Waals surface area contributed by atoms with Crippen molar-refractivity contribution in [3.63, 3.8) is 0 Å². The zero-order valence-corrected chi connectivity index (χ0v) is 22.7. The molecule has 0 radical (unpaired) electrons. The number of aryl methyl sites for hydroxylation is 1. The Morgan fingerprint density at radius 3 is 2.63 bits per heavy atom. The first-order valence-corrected chi connectivity index (χ1v) is 14.2. The smallest absolute Gasteiger partial charge is 0.274 e. The number of carbonyl (C=O) groups is 2. The van der Waals surface area contributed by atoms with Crippen molar-refractivity contribution in [2.75, 3.05) is 19.7 Å². The van der Waals surface area contributed by atoms with Gasteiger partial charge in [0.05, 0.1) is 17.0 Å². The number of piperidine rings is 1. The topological polar surface area (TPSA) is 87.3 Å². The van der Waals surface area contributed by atoms with E-state index in [1.54, 1.807) is 0 Å². The van der Waals surface area contributed by atoms with Gasteiger partial charge in [0.15, 0.2) is 5.69 Å². The third-order valence-electron chi connectivity index (χ3n) is 8.27. The molecule has 3 heterocycles. The zero-order chi connectivity index (χ0) is 26.5. The molecule has 7 nitrogen and oxygen atoms in total. The van der Waals surface area contributed by atoms with E-state index in [0.717, 1.165) is 55.2 Å². The number of aromatic nitrogens is 2. The van der Waals surface area contributed by atoms with Crippen LogP contribution in [0.2, 0.25) is 0 Å². The van der Waals surface area contributed by atoms with Gasteiger partial charge in [0, 0.05) is 18.5 Å². The average molecular weight is 517 g/mol. The number of rotatable bonds is 3. The van der Waals surface area contributed by atoms with Gasteiger partial charge in [-0.05, 0) is 62.1 Å². The molecule has 2 aliphatic rings. The van der Waals surface area contributed by atoms with Crippen molar-refractivity contribution in [2.45, 2.75) is 71.3 Å². The summed E-state index contributed by atoms with van der Waals surface area (Å²) in [4.78, 5) is 29.2. The van der Waals surface area contributed by atoms with Crippen LogP contribution in [0.4, 0.5) is 0 Å². The van der Waals surface area contributed by atoms with Crippen LogP contribution < -0.4 is 10.1 Å². The van der Waals surface area contributed by atoms with E-state index >= 15 is 0 Å². The average Bonchev–Trinajstić information content (AvgIpc) is 3.36. The molecule has 5 rings (SSSR count). The van der Waals surface area contributed by atoms with Crippen LogP contribution in [-0.2, 0) is 11.2 Å². The maximum absolute atomic E-state index is 13.9. The zero-order valence-electron chi connectivity index (χ0n) is 22.7. The molecule has 202 valence electrons. The van der Waals surface area contributed by atoms with Gasteiger partial charge < -0.3 is 15.0 Å². The summed E-state index contributed by atoms with van der Waals surface area (Å²) >= 11 is 0. The summed E-state index contributed by atoms with van der Waals surface area (Å²) in [7, 11) is 0. The van der Waals surface area contributed by atoms with E-state index in [9.17, 15) is 9.59 Å². The van der Waals surface area contributed by atoms with Crippen LogP contribution in [0, 0.1) is 11.3 Å². The van der Waals surface area contributed by atoms with Crippen molar-refractivity contribution >= 4 is 22.7 Å². The van der Waals surface area contributed by atoms with Crippen LogP contribution in [0.15, 0.2) is 48.5 Å². The van der Waals surface area contributed by atoms with E-state index in [2.05, 4.69) is 41.5 Å². The molecule has 1 saturated heterocycles. The highest BCUT2D eigenvalue weighted by atomic mass is 16.5. The second kappa shape index (κ2) is 11.6. The van der Waals surface area contributed by atoms with Crippen molar-refractivity contribution in [1.82, 2.24) is 20.4 Å². The molecule has 2 aromatic carbocycles. The summed E-state index contributed by atoms with van der Waals surface area (Å²) in [5.74, 6) is 1.43. The predicted molar refractivity (Wildman–Crippen MR) is 149 cm³/mol. The van der Waals surface area contributed by atoms with E-state index in [4.69, 9.17) is 4.74 Å². The highest BCUT2D eigenvalue weighted by Crippen LogP contribution is 2.38. The Morgan fingerprint density at radius 2 is 1.82 bits per heavy atom. The number of likely N-dealkylation sites (tertiary alicyclic amines) is 1. The Balaban J connectivity index is 1.31. The minimum Gasteiger partial charge on any atom is -0.491 e. The normalized spacial score (nSPS) is 20.7. The minimum absolute atomic E-state index is 0.0525. The molecular weight excluding hydrogens is 476 g/mol. The summed E-state index contributed by atoms with van der Waals surface area (Å²) < 4.78 is 6.29. The van der Waals surface area contributed by atoms with Gasteiger partial charge >= 0.3 is 0 Å². The molecule has 0 bridgehead atoms. The highest BCUT2D eigenvalue weighted by molar-refractivity contribution is 6.04. The Bertz CT molecular complexity index is 1260. The number of fused-ring (bicyclic) bond motifs is 2. The number of para-hydroxylation sites is 2. The number of hydrogen-bond donors (Lipinski definition) is 2. The summed E-state index contributed by atoms with van der Waals surface area (Å²) in [6.07, 6.45) is 7.18. The quantitative estimate of drug-likeness (QED) is 0.480. The molecule has 38 heavy (non-hydrogen) atoms. The molecule has 1 aromatic heterocycles. The lowest BCUT2D eigenvalue weighted by molar-refractivity contribution is -0.135. The van der Waals surface area contributed by atoms with E-state index in [1.807, 2.05) is 41.3 Å². The second-order valence-corrected chi connectivity index (χ2v) is 11.5. The monoisotopic (exact) mass is 516 g/mol. The molecule has 3 aromatic rings. The van der Waals surface area contributed by atoms with Gasteiger partial charge in [0.1, 0.15) is 12.4 Å². The van der Waals surface area contributed by atoms with Gasteiger partial charge in [-0.15, -0.1) is 0 Å². The molecule has 1 fully saturated rings. The highest BCUT2D eigenvalue weighted by Gasteiger charge is 2.43. The van der Waals surface area contributed by atoms with Crippen molar-refractivity contribution in [2.24, 2.45) is 11.3 Å².